The Balaban J connectivity index is 2.57. The number of hydrogen-bond acceptors (Lipinski definition) is 7. The van der Waals surface area contributed by atoms with Crippen molar-refractivity contribution in [2.45, 2.75) is 19.8 Å². The van der Waals surface area contributed by atoms with E-state index in [4.69, 9.17) is 48.6 Å². The van der Waals surface area contributed by atoms with Crippen LogP contribution in [0.4, 0.5) is 0 Å². The maximum Gasteiger partial charge on any atom is 0.336 e. The van der Waals surface area contributed by atoms with Crippen molar-refractivity contribution in [3.05, 3.63) is 56.3 Å². The van der Waals surface area contributed by atoms with Gasteiger partial charge >= 0.3 is 11.9 Å². The van der Waals surface area contributed by atoms with Gasteiger partial charge in [0.05, 0.1) is 59.7 Å². The highest BCUT2D eigenvalue weighted by Gasteiger charge is 2.40. The van der Waals surface area contributed by atoms with E-state index in [1.54, 1.807) is 32.0 Å². The van der Waals surface area contributed by atoms with Crippen LogP contribution in [-0.4, -0.2) is 51.4 Å². The normalized spacial score (nSPS) is 15.8. The molecule has 1 atom stereocenters. The van der Waals surface area contributed by atoms with Crippen molar-refractivity contribution in [3.8, 4) is 0 Å². The standard InChI is InChI=1S/C21H26Cl2N4O5/c1-4-32-20(29)17-14(10-31-9-8-26-21(24)25)27-11(2)15(19(28)30-3)16(17)12-6-5-7-13(22)18(12)23/h5-7,16,27H,4,8-10H2,1-3H3,(H4,24,25,26). The van der Waals surface area contributed by atoms with E-state index in [2.05, 4.69) is 10.6 Å². The molecule has 2 rings (SSSR count). The highest BCUT2D eigenvalue weighted by atomic mass is 35.5. The average molecular weight is 485 g/mol. The van der Waals surface area contributed by atoms with Crippen molar-refractivity contribution in [2.24, 2.45) is 5.73 Å². The van der Waals surface area contributed by atoms with Gasteiger partial charge in [0.15, 0.2) is 5.96 Å². The molecular formula is C21H26Cl2N4O5. The molecule has 5 N–H and O–H groups in total. The van der Waals surface area contributed by atoms with Crippen molar-refractivity contribution >= 4 is 41.1 Å². The lowest BCUT2D eigenvalue weighted by atomic mass is 9.80. The number of nitrogens with one attached hydrogen (secondary N) is 3. The third-order valence-electron chi connectivity index (χ3n) is 4.65. The van der Waals surface area contributed by atoms with E-state index in [0.717, 1.165) is 0 Å². The Hall–Kier alpha value is -2.75. The van der Waals surface area contributed by atoms with Crippen LogP contribution < -0.4 is 16.4 Å². The number of guanidine groups is 1. The molecule has 0 spiro atoms. The van der Waals surface area contributed by atoms with Crippen molar-refractivity contribution in [1.29, 1.82) is 5.41 Å². The Morgan fingerprint density at radius 1 is 1.25 bits per heavy atom. The van der Waals surface area contributed by atoms with Crippen LogP contribution in [0.5, 0.6) is 0 Å². The van der Waals surface area contributed by atoms with Gasteiger partial charge in [0.25, 0.3) is 0 Å². The first-order valence-electron chi connectivity index (χ1n) is 9.78. The van der Waals surface area contributed by atoms with Crippen LogP contribution in [0.3, 0.4) is 0 Å². The van der Waals surface area contributed by atoms with Crippen LogP contribution in [0.15, 0.2) is 40.7 Å². The Morgan fingerprint density at radius 3 is 2.59 bits per heavy atom. The molecule has 0 aromatic heterocycles. The van der Waals surface area contributed by atoms with Gasteiger partial charge in [0.1, 0.15) is 0 Å². The van der Waals surface area contributed by atoms with E-state index in [1.165, 1.54) is 7.11 Å². The molecule has 1 aliphatic rings. The second kappa shape index (κ2) is 11.8. The van der Waals surface area contributed by atoms with Gasteiger partial charge in [-0.15, -0.1) is 0 Å². The third-order valence-corrected chi connectivity index (χ3v) is 5.48. The molecule has 0 fully saturated rings. The first kappa shape index (κ1) is 25.5. The number of nitrogens with two attached hydrogens (primary N) is 1. The molecule has 0 saturated heterocycles. The predicted molar refractivity (Wildman–Crippen MR) is 121 cm³/mol. The van der Waals surface area contributed by atoms with Gasteiger partial charge in [-0.1, -0.05) is 35.3 Å². The molecule has 11 heteroatoms. The van der Waals surface area contributed by atoms with Gasteiger partial charge in [-0.3, -0.25) is 5.41 Å². The second-order valence-electron chi connectivity index (χ2n) is 6.74. The zero-order valence-corrected chi connectivity index (χ0v) is 19.5. The van der Waals surface area contributed by atoms with Gasteiger partial charge in [-0.05, 0) is 25.5 Å². The van der Waals surface area contributed by atoms with Crippen LogP contribution in [0.25, 0.3) is 0 Å². The molecule has 1 aliphatic heterocycles. The summed E-state index contributed by atoms with van der Waals surface area (Å²) in [7, 11) is 1.26. The molecule has 0 amide bonds. The van der Waals surface area contributed by atoms with Crippen molar-refractivity contribution in [3.63, 3.8) is 0 Å². The summed E-state index contributed by atoms with van der Waals surface area (Å²) in [5.41, 5.74) is 6.99. The monoisotopic (exact) mass is 484 g/mol. The predicted octanol–water partition coefficient (Wildman–Crippen LogP) is 2.44. The molecule has 0 saturated carbocycles. The highest BCUT2D eigenvalue weighted by molar-refractivity contribution is 6.42. The number of esters is 2. The lowest BCUT2D eigenvalue weighted by Gasteiger charge is -2.31. The number of allylic oxidation sites excluding steroid dienone is 1. The number of hydrogen-bond donors (Lipinski definition) is 4. The summed E-state index contributed by atoms with van der Waals surface area (Å²) in [6, 6.07) is 4.99. The fraction of sp³-hybridized carbons (Fsp3) is 0.381. The first-order valence-corrected chi connectivity index (χ1v) is 10.5. The van der Waals surface area contributed by atoms with E-state index in [1.807, 2.05) is 0 Å². The Kier molecular flexibility index (Phi) is 9.37. The van der Waals surface area contributed by atoms with E-state index in [9.17, 15) is 9.59 Å². The number of carbonyl (C=O) groups excluding carboxylic acids is 2. The van der Waals surface area contributed by atoms with E-state index in [-0.39, 0.29) is 47.0 Å². The molecule has 32 heavy (non-hydrogen) atoms. The van der Waals surface area contributed by atoms with E-state index in [0.29, 0.717) is 23.5 Å². The number of methoxy groups -OCH3 is 1. The maximum atomic E-state index is 13.0. The quantitative estimate of drug-likeness (QED) is 0.181. The topological polar surface area (TPSA) is 136 Å². The van der Waals surface area contributed by atoms with Gasteiger partial charge in [-0.2, -0.15) is 0 Å². The number of benzene rings is 1. The summed E-state index contributed by atoms with van der Waals surface area (Å²) < 4.78 is 15.9. The molecule has 0 radical (unpaired) electrons. The Labute approximate surface area is 196 Å². The summed E-state index contributed by atoms with van der Waals surface area (Å²) in [6.45, 7) is 4.04. The molecule has 1 heterocycles. The number of rotatable bonds is 9. The van der Waals surface area contributed by atoms with Gasteiger partial charge in [-0.25, -0.2) is 9.59 Å². The molecule has 1 aromatic rings. The molecule has 1 unspecified atom stereocenters. The van der Waals surface area contributed by atoms with E-state index < -0.39 is 17.9 Å². The number of dihydropyridines is 1. The molecule has 0 bridgehead atoms. The molecule has 0 aliphatic carbocycles. The number of ether oxygens (including phenoxy) is 3. The van der Waals surface area contributed by atoms with Crippen molar-refractivity contribution in [2.75, 3.05) is 33.5 Å². The van der Waals surface area contributed by atoms with Gasteiger partial charge in [0, 0.05) is 12.2 Å². The minimum atomic E-state index is -0.886. The minimum Gasteiger partial charge on any atom is -0.466 e. The van der Waals surface area contributed by atoms with Crippen LogP contribution in [0.2, 0.25) is 10.0 Å². The minimum absolute atomic E-state index is 0.00814. The van der Waals surface area contributed by atoms with Crippen LogP contribution in [0.1, 0.15) is 25.3 Å². The number of halogens is 2. The van der Waals surface area contributed by atoms with Gasteiger partial charge in [0.2, 0.25) is 0 Å². The lowest BCUT2D eigenvalue weighted by Crippen LogP contribution is -2.36. The Morgan fingerprint density at radius 2 is 1.97 bits per heavy atom. The van der Waals surface area contributed by atoms with Crippen LogP contribution in [0, 0.1) is 5.41 Å². The first-order chi connectivity index (χ1) is 15.2. The fourth-order valence-electron chi connectivity index (χ4n) is 3.33. The largest absolute Gasteiger partial charge is 0.466 e. The highest BCUT2D eigenvalue weighted by Crippen LogP contribution is 2.43. The molecule has 174 valence electrons. The summed E-state index contributed by atoms with van der Waals surface area (Å²) >= 11 is 12.7. The summed E-state index contributed by atoms with van der Waals surface area (Å²) in [5.74, 6) is -2.31. The van der Waals surface area contributed by atoms with Crippen molar-refractivity contribution < 1.29 is 23.8 Å². The average Bonchev–Trinajstić information content (AvgIpc) is 2.74. The van der Waals surface area contributed by atoms with E-state index >= 15 is 0 Å². The zero-order valence-electron chi connectivity index (χ0n) is 18.0. The summed E-state index contributed by atoms with van der Waals surface area (Å²) in [6.07, 6.45) is 0. The second-order valence-corrected chi connectivity index (χ2v) is 7.52. The van der Waals surface area contributed by atoms with Crippen LogP contribution >= 0.6 is 23.2 Å². The van der Waals surface area contributed by atoms with Gasteiger partial charge < -0.3 is 30.6 Å². The summed E-state index contributed by atoms with van der Waals surface area (Å²) in [4.78, 5) is 25.8. The fourth-order valence-corrected chi connectivity index (χ4v) is 3.74. The zero-order chi connectivity index (χ0) is 23.8. The Bertz CT molecular complexity index is 962. The summed E-state index contributed by atoms with van der Waals surface area (Å²) in [5, 5.41) is 13.4. The number of carbonyl (C=O) groups is 2. The third kappa shape index (κ3) is 5.93. The SMILES string of the molecule is CCOC(=O)C1=C(COCCNC(=N)N)NC(C)=C(C(=O)OC)C1c1cccc(Cl)c1Cl. The molecular weight excluding hydrogens is 459 g/mol. The lowest BCUT2D eigenvalue weighted by molar-refractivity contribution is -0.139. The van der Waals surface area contributed by atoms with Crippen molar-refractivity contribution in [1.82, 2.24) is 10.6 Å². The molecule has 9 nitrogen and oxygen atoms in total. The maximum absolute atomic E-state index is 13.0. The van der Waals surface area contributed by atoms with Crippen LogP contribution in [-0.2, 0) is 23.8 Å². The smallest absolute Gasteiger partial charge is 0.336 e. The molecule has 1 aromatic carbocycles.